The van der Waals surface area contributed by atoms with E-state index in [9.17, 15) is 26.3 Å². The molecule has 0 atom stereocenters. The van der Waals surface area contributed by atoms with Gasteiger partial charge in [-0.15, -0.1) is 0 Å². The Morgan fingerprint density at radius 3 is 2.38 bits per heavy atom. The van der Waals surface area contributed by atoms with Crippen molar-refractivity contribution in [1.29, 1.82) is 0 Å². The summed E-state index contributed by atoms with van der Waals surface area (Å²) in [6.45, 7) is 0.733. The van der Waals surface area contributed by atoms with Crippen LogP contribution in [0.5, 0.6) is 0 Å². The minimum atomic E-state index is -5.03. The molecule has 4 rings (SSSR count). The summed E-state index contributed by atoms with van der Waals surface area (Å²) in [4.78, 5) is 11.6. The maximum absolute atomic E-state index is 13.3. The first-order valence-electron chi connectivity index (χ1n) is 7.29. The molecule has 0 fully saturated rings. The number of nitrogens with zero attached hydrogens (tertiary/aromatic N) is 4. The second kappa shape index (κ2) is 5.32. The lowest BCUT2D eigenvalue weighted by Crippen LogP contribution is -2.14. The van der Waals surface area contributed by atoms with E-state index < -0.39 is 34.6 Å². The van der Waals surface area contributed by atoms with Gasteiger partial charge in [0.2, 0.25) is 5.90 Å². The molecule has 1 aliphatic heterocycles. The molecule has 0 N–H and O–H groups in total. The summed E-state index contributed by atoms with van der Waals surface area (Å²) in [5.74, 6) is 0.185. The molecule has 0 unspecified atom stereocenters. The monoisotopic (exact) mass is 374 g/mol. The molecule has 0 spiro atoms. The van der Waals surface area contributed by atoms with E-state index in [0.717, 1.165) is 10.5 Å². The van der Waals surface area contributed by atoms with Crippen molar-refractivity contribution < 1.29 is 31.1 Å². The third-order valence-electron chi connectivity index (χ3n) is 3.80. The molecule has 0 saturated heterocycles. The predicted octanol–water partition coefficient (Wildman–Crippen LogP) is 3.70. The Morgan fingerprint density at radius 2 is 1.77 bits per heavy atom. The number of ether oxygens (including phenoxy) is 1. The highest BCUT2D eigenvalue weighted by molar-refractivity contribution is 5.94. The first kappa shape index (κ1) is 16.6. The van der Waals surface area contributed by atoms with E-state index in [1.807, 2.05) is 0 Å². The summed E-state index contributed by atoms with van der Waals surface area (Å²) >= 11 is 0. The van der Waals surface area contributed by atoms with Crippen molar-refractivity contribution >= 4 is 22.6 Å². The van der Waals surface area contributed by atoms with Gasteiger partial charge in [0.05, 0.1) is 12.1 Å². The van der Waals surface area contributed by atoms with Crippen molar-refractivity contribution in [2.75, 3.05) is 13.2 Å². The fourth-order valence-electron chi connectivity index (χ4n) is 2.70. The Labute approximate surface area is 140 Å². The largest absolute Gasteiger partial charge is 0.474 e. The number of rotatable bonds is 1. The zero-order valence-electron chi connectivity index (χ0n) is 12.7. The molecule has 11 heteroatoms. The lowest BCUT2D eigenvalue weighted by molar-refractivity contribution is -0.144. The van der Waals surface area contributed by atoms with E-state index in [1.54, 1.807) is 0 Å². The van der Waals surface area contributed by atoms with E-state index in [0.29, 0.717) is 13.2 Å². The Bertz CT molecular complexity index is 1050. The van der Waals surface area contributed by atoms with Crippen LogP contribution in [0.15, 0.2) is 29.4 Å². The molecule has 0 radical (unpaired) electrons. The van der Waals surface area contributed by atoms with Crippen molar-refractivity contribution in [3.05, 3.63) is 41.3 Å². The summed E-state index contributed by atoms with van der Waals surface area (Å²) in [7, 11) is 0. The average Bonchev–Trinajstić information content (AvgIpc) is 3.20. The minimum absolute atomic E-state index is 0.0101. The third kappa shape index (κ3) is 2.63. The molecule has 1 aliphatic rings. The van der Waals surface area contributed by atoms with Crippen molar-refractivity contribution in [2.24, 2.45) is 4.99 Å². The van der Waals surface area contributed by atoms with E-state index in [2.05, 4.69) is 15.0 Å². The Kier molecular flexibility index (Phi) is 3.40. The zero-order valence-corrected chi connectivity index (χ0v) is 12.7. The van der Waals surface area contributed by atoms with Crippen molar-refractivity contribution in [3.63, 3.8) is 0 Å². The molecule has 5 nitrogen and oxygen atoms in total. The molecular formula is C15H8F6N4O. The smallest absolute Gasteiger partial charge is 0.433 e. The van der Waals surface area contributed by atoms with Crippen LogP contribution in [0.2, 0.25) is 0 Å². The number of hydrogen-bond donors (Lipinski definition) is 0. The lowest BCUT2D eigenvalue weighted by atomic mass is 10.1. The number of hydrogen-bond acceptors (Lipinski definition) is 4. The van der Waals surface area contributed by atoms with Crippen LogP contribution in [-0.2, 0) is 17.1 Å². The van der Waals surface area contributed by atoms with Crippen LogP contribution >= 0.6 is 0 Å². The van der Waals surface area contributed by atoms with Gasteiger partial charge in [-0.3, -0.25) is 4.40 Å². The second-order valence-electron chi connectivity index (χ2n) is 5.51. The molecule has 4 heterocycles. The number of aliphatic imine (C=N–C) groups is 1. The van der Waals surface area contributed by atoms with Crippen LogP contribution in [0.1, 0.15) is 17.0 Å². The normalized spacial score (nSPS) is 15.5. The van der Waals surface area contributed by atoms with Crippen molar-refractivity contribution in [2.45, 2.75) is 12.4 Å². The van der Waals surface area contributed by atoms with E-state index in [1.165, 1.54) is 12.3 Å². The number of imidazole rings is 1. The standard InChI is InChI=1S/C15H8F6N4O/c16-14(17,18)8-5-10(15(19,20)21)24-12-7(8)1-2-11-23-9(6-25(11)12)13-22-3-4-26-13/h1-2,5-6H,3-4H2. The first-order chi connectivity index (χ1) is 12.1. The summed E-state index contributed by atoms with van der Waals surface area (Å²) in [5.41, 5.74) is -3.20. The van der Waals surface area contributed by atoms with Gasteiger partial charge in [-0.1, -0.05) is 0 Å². The SMILES string of the molecule is FC(F)(F)c1cc(C(F)(F)F)c2ccc3nc(C4=NCCO4)cn3c2n1. The fraction of sp³-hybridized carbons (Fsp3) is 0.267. The zero-order chi connectivity index (χ0) is 18.7. The van der Waals surface area contributed by atoms with Gasteiger partial charge in [0.25, 0.3) is 0 Å². The first-order valence-corrected chi connectivity index (χ1v) is 7.29. The number of fused-ring (bicyclic) bond motifs is 3. The van der Waals surface area contributed by atoms with E-state index in [4.69, 9.17) is 4.74 Å². The van der Waals surface area contributed by atoms with Gasteiger partial charge in [0.1, 0.15) is 29.3 Å². The molecular weight excluding hydrogens is 366 g/mol. The summed E-state index contributed by atoms with van der Waals surface area (Å²) in [6.07, 6.45) is -8.75. The summed E-state index contributed by atoms with van der Waals surface area (Å²) < 4.78 is 85.3. The Hall–Kier alpha value is -2.85. The van der Waals surface area contributed by atoms with Crippen molar-refractivity contribution in [1.82, 2.24) is 14.4 Å². The second-order valence-corrected chi connectivity index (χ2v) is 5.51. The molecule has 0 aromatic carbocycles. The number of alkyl halides is 6. The molecule has 3 aromatic rings. The Morgan fingerprint density at radius 1 is 1.00 bits per heavy atom. The van der Waals surface area contributed by atoms with Crippen LogP contribution in [0, 0.1) is 0 Å². The summed E-state index contributed by atoms with van der Waals surface area (Å²) in [6, 6.07) is 2.33. The Balaban J connectivity index is 2.05. The number of aromatic nitrogens is 3. The van der Waals surface area contributed by atoms with Crippen LogP contribution in [0.4, 0.5) is 26.3 Å². The number of halogens is 6. The molecule has 0 amide bonds. The van der Waals surface area contributed by atoms with Gasteiger partial charge in [-0.25, -0.2) is 15.0 Å². The van der Waals surface area contributed by atoms with Gasteiger partial charge in [0.15, 0.2) is 0 Å². The molecule has 0 aliphatic carbocycles. The van der Waals surface area contributed by atoms with Gasteiger partial charge >= 0.3 is 12.4 Å². The fourth-order valence-corrected chi connectivity index (χ4v) is 2.70. The van der Waals surface area contributed by atoms with E-state index >= 15 is 0 Å². The predicted molar refractivity (Wildman–Crippen MR) is 77.9 cm³/mol. The molecule has 0 saturated carbocycles. The van der Waals surface area contributed by atoms with Gasteiger partial charge in [-0.2, -0.15) is 26.3 Å². The lowest BCUT2D eigenvalue weighted by Gasteiger charge is -2.14. The quantitative estimate of drug-likeness (QED) is 0.611. The average molecular weight is 374 g/mol. The maximum atomic E-state index is 13.3. The van der Waals surface area contributed by atoms with Crippen LogP contribution in [0.3, 0.4) is 0 Å². The van der Waals surface area contributed by atoms with Crippen LogP contribution in [-0.4, -0.2) is 33.4 Å². The molecule has 136 valence electrons. The van der Waals surface area contributed by atoms with Crippen LogP contribution in [0.25, 0.3) is 16.7 Å². The van der Waals surface area contributed by atoms with Gasteiger partial charge in [-0.05, 0) is 18.2 Å². The van der Waals surface area contributed by atoms with Crippen molar-refractivity contribution in [3.8, 4) is 0 Å². The van der Waals surface area contributed by atoms with Gasteiger partial charge < -0.3 is 4.74 Å². The molecule has 0 bridgehead atoms. The number of pyridine rings is 2. The minimum Gasteiger partial charge on any atom is -0.474 e. The van der Waals surface area contributed by atoms with Crippen LogP contribution < -0.4 is 0 Å². The van der Waals surface area contributed by atoms with Gasteiger partial charge in [0, 0.05) is 11.6 Å². The highest BCUT2D eigenvalue weighted by Crippen LogP contribution is 2.38. The highest BCUT2D eigenvalue weighted by atomic mass is 19.4. The molecule has 26 heavy (non-hydrogen) atoms. The van der Waals surface area contributed by atoms with E-state index in [-0.39, 0.29) is 23.3 Å². The topological polar surface area (TPSA) is 51.8 Å². The highest BCUT2D eigenvalue weighted by Gasteiger charge is 2.39. The summed E-state index contributed by atoms with van der Waals surface area (Å²) in [5, 5.41) is -0.462. The molecule has 3 aromatic heterocycles. The maximum Gasteiger partial charge on any atom is 0.433 e. The third-order valence-corrected chi connectivity index (χ3v) is 3.80.